The van der Waals surface area contributed by atoms with Gasteiger partial charge in [-0.3, -0.25) is 4.79 Å². The first-order valence-corrected chi connectivity index (χ1v) is 6.65. The molecule has 0 unspecified atom stereocenters. The quantitative estimate of drug-likeness (QED) is 0.689. The van der Waals surface area contributed by atoms with Crippen molar-refractivity contribution in [2.45, 2.75) is 6.92 Å². The Labute approximate surface area is 80.4 Å². The van der Waals surface area contributed by atoms with Crippen molar-refractivity contribution < 1.29 is 37.8 Å². The summed E-state index contributed by atoms with van der Waals surface area (Å²) in [6, 6.07) is 0. The van der Waals surface area contributed by atoms with Crippen molar-refractivity contribution in [1.29, 1.82) is 0 Å². The average molecular weight is 277 g/mol. The molecule has 0 spiro atoms. The van der Waals surface area contributed by atoms with Crippen LogP contribution in [-0.4, -0.2) is 11.1 Å². The van der Waals surface area contributed by atoms with Crippen molar-refractivity contribution in [3.63, 3.8) is 0 Å². The van der Waals surface area contributed by atoms with Crippen LogP contribution in [0, 0.1) is 0 Å². The van der Waals surface area contributed by atoms with Crippen LogP contribution in [-0.2, 0) is 32.7 Å². The van der Waals surface area contributed by atoms with Gasteiger partial charge in [0.25, 0.3) is 5.97 Å². The Morgan fingerprint density at radius 2 is 1.44 bits per heavy atom. The molecule has 7 heteroatoms. The number of halogens is 3. The number of hydrogen-bond acceptors (Lipinski definition) is 1. The second-order valence-corrected chi connectivity index (χ2v) is 7.01. The van der Waals surface area contributed by atoms with Crippen molar-refractivity contribution in [3.05, 3.63) is 0 Å². The number of carbonyl (C=O) groups is 1. The Balaban J connectivity index is -0.0000000720. The number of aliphatic carboxylic acids is 1. The van der Waals surface area contributed by atoms with Crippen molar-refractivity contribution in [1.82, 2.24) is 0 Å². The first kappa shape index (κ1) is 16.8. The van der Waals surface area contributed by atoms with Gasteiger partial charge in [-0.2, -0.15) is 0 Å². The summed E-state index contributed by atoms with van der Waals surface area (Å²) in [5.74, 6) is -0.833. The molecular weight excluding hydrogens is 273 g/mol. The van der Waals surface area contributed by atoms with Crippen LogP contribution < -0.4 is 0 Å². The summed E-state index contributed by atoms with van der Waals surface area (Å²) < 4.78 is 0. The van der Waals surface area contributed by atoms with Crippen molar-refractivity contribution in [3.8, 4) is 0 Å². The van der Waals surface area contributed by atoms with Crippen LogP contribution in [0.15, 0.2) is 0 Å². The molecule has 0 aliphatic heterocycles. The fraction of sp³-hybridized carbons (Fsp3) is 0.500. The zero-order chi connectivity index (χ0) is 7.15. The maximum absolute atomic E-state index is 9.00. The van der Waals surface area contributed by atoms with E-state index in [1.807, 2.05) is 0 Å². The molecule has 0 aromatic rings. The van der Waals surface area contributed by atoms with E-state index in [-0.39, 0.29) is 16.5 Å². The molecule has 61 valence electrons. The summed E-state index contributed by atoms with van der Waals surface area (Å²) >= 11 is -1.62. The molecule has 0 saturated carbocycles. The Hall–Kier alpha value is 1.37. The second kappa shape index (κ2) is 12.1. The van der Waals surface area contributed by atoms with Gasteiger partial charge in [-0.15, -0.1) is 0 Å². The third kappa shape index (κ3) is 272. The van der Waals surface area contributed by atoms with Gasteiger partial charge in [-0.05, 0) is 0 Å². The smallest absolute Gasteiger partial charge is 0 e. The van der Waals surface area contributed by atoms with E-state index in [9.17, 15) is 0 Å². The van der Waals surface area contributed by atoms with Crippen LogP contribution in [0.4, 0.5) is 0 Å². The van der Waals surface area contributed by atoms with Crippen LogP contribution in [0.25, 0.3) is 0 Å². The van der Waals surface area contributed by atoms with E-state index >= 15 is 0 Å². The van der Waals surface area contributed by atoms with E-state index in [1.54, 1.807) is 0 Å². The van der Waals surface area contributed by atoms with Crippen LogP contribution in [0.1, 0.15) is 6.92 Å². The number of hydrogen-bond donors (Lipinski definition) is 1. The maximum Gasteiger partial charge on any atom is 0 e. The topological polar surface area (TPSA) is 37.3 Å². The maximum atomic E-state index is 9.00. The molecule has 2 nitrogen and oxygen atoms in total. The van der Waals surface area contributed by atoms with E-state index in [2.05, 4.69) is 0 Å². The second-order valence-electron chi connectivity index (χ2n) is 0.694. The largest absolute Gasteiger partial charge is 0 e. The van der Waals surface area contributed by atoms with Gasteiger partial charge in [0.1, 0.15) is 0 Å². The molecule has 1 N–H and O–H groups in total. The minimum atomic E-state index is -1.62. The van der Waals surface area contributed by atoms with Crippen LogP contribution in [0.5, 0.6) is 0 Å². The average Bonchev–Trinajstić information content (AvgIpc) is 1.25. The van der Waals surface area contributed by atoms with E-state index in [4.69, 9.17) is 40.0 Å². The van der Waals surface area contributed by atoms with E-state index in [1.165, 1.54) is 0 Å². The minimum absolute atomic E-state index is 0. The van der Waals surface area contributed by atoms with Gasteiger partial charge in [-0.25, -0.2) is 0 Å². The van der Waals surface area contributed by atoms with Gasteiger partial charge in [-0.1, -0.05) is 0 Å². The van der Waals surface area contributed by atoms with Crippen molar-refractivity contribution in [2.75, 3.05) is 0 Å². The molecule has 0 rings (SSSR count). The monoisotopic (exact) mass is 275 g/mol. The number of rotatable bonds is 0. The minimum Gasteiger partial charge on any atom is 0 e. The summed E-state index contributed by atoms with van der Waals surface area (Å²) in [6.45, 7) is 1.08. The summed E-state index contributed by atoms with van der Waals surface area (Å²) in [6.07, 6.45) is 0. The normalized spacial score (nSPS) is 6.78. The third-order valence-corrected chi connectivity index (χ3v) is 0. The molecule has 0 fully saturated rings. The summed E-state index contributed by atoms with van der Waals surface area (Å²) in [5.41, 5.74) is 0. The molecular formula is C2H4Cl3CrNiO2. The van der Waals surface area contributed by atoms with Gasteiger partial charge in [0.2, 0.25) is 0 Å². The molecule has 0 aliphatic carbocycles. The van der Waals surface area contributed by atoms with E-state index < -0.39 is 17.4 Å². The van der Waals surface area contributed by atoms with Gasteiger partial charge in [0.15, 0.2) is 0 Å². The molecule has 0 heterocycles. The van der Waals surface area contributed by atoms with Crippen molar-refractivity contribution in [2.24, 2.45) is 0 Å². The molecule has 0 aliphatic rings. The predicted octanol–water partition coefficient (Wildman–Crippen LogP) is 2.15. The summed E-state index contributed by atoms with van der Waals surface area (Å²) in [5, 5.41) is 7.42. The third-order valence-electron chi connectivity index (χ3n) is 0. The van der Waals surface area contributed by atoms with Crippen molar-refractivity contribution >= 4 is 36.1 Å². The predicted molar refractivity (Wildman–Crippen MR) is 30.9 cm³/mol. The summed E-state index contributed by atoms with van der Waals surface area (Å²) in [7, 11) is 14.8. The first-order valence-electron chi connectivity index (χ1n) is 1.39. The Morgan fingerprint density at radius 3 is 1.44 bits per heavy atom. The number of carboxylic acid groups (broad SMARTS) is 1. The Morgan fingerprint density at radius 1 is 1.44 bits per heavy atom. The molecule has 0 saturated heterocycles. The SMILES string of the molecule is CC(=O)O.[Cl][Cr]([Cl])[Cl].[Ni]. The fourth-order valence-corrected chi connectivity index (χ4v) is 0. The van der Waals surface area contributed by atoms with Gasteiger partial charge < -0.3 is 5.11 Å². The molecule has 9 heavy (non-hydrogen) atoms. The molecule has 0 atom stereocenters. The van der Waals surface area contributed by atoms with E-state index in [0.717, 1.165) is 6.92 Å². The van der Waals surface area contributed by atoms with Crippen LogP contribution >= 0.6 is 30.1 Å². The van der Waals surface area contributed by atoms with Gasteiger partial charge in [0, 0.05) is 23.4 Å². The summed E-state index contributed by atoms with van der Waals surface area (Å²) in [4.78, 5) is 9.00. The standard InChI is InChI=1S/C2H4O2.3ClH.Cr.Ni/c1-2(3)4;;;;;/h1H3,(H,3,4);3*1H;;/q;;;;+3;/p-3. The van der Waals surface area contributed by atoms with Gasteiger partial charge >= 0.3 is 41.5 Å². The Kier molecular flexibility index (Phi) is 22.5. The van der Waals surface area contributed by atoms with Crippen LogP contribution in [0.3, 0.4) is 0 Å². The Bertz CT molecular complexity index is 64.1. The molecule has 0 aromatic carbocycles. The molecule has 0 aromatic heterocycles. The first-order chi connectivity index (χ1) is 3.46. The van der Waals surface area contributed by atoms with Gasteiger partial charge in [0.05, 0.1) is 0 Å². The zero-order valence-corrected chi connectivity index (χ0v) is 8.74. The number of carboxylic acids is 1. The molecule has 0 radical (unpaired) electrons. The van der Waals surface area contributed by atoms with E-state index in [0.29, 0.717) is 0 Å². The zero-order valence-electron chi connectivity index (χ0n) is 4.21. The molecule has 0 amide bonds. The molecule has 0 bridgehead atoms. The fourth-order valence-electron chi connectivity index (χ4n) is 0. The van der Waals surface area contributed by atoms with Crippen LogP contribution in [0.2, 0.25) is 0 Å².